The SMILES string of the molecule is COc1cc2c(cc1OC)[C@@H]1Cc3c(cc4c(c3[Si](C)(C)C)OCO4)CN1CC2. The zero-order valence-electron chi connectivity index (χ0n) is 17.9. The number of benzene rings is 2. The van der Waals surface area contributed by atoms with Crippen molar-refractivity contribution in [1.82, 2.24) is 4.90 Å². The minimum Gasteiger partial charge on any atom is -0.493 e. The van der Waals surface area contributed by atoms with Gasteiger partial charge in [0, 0.05) is 19.1 Å². The first-order chi connectivity index (χ1) is 13.9. The molecule has 1 atom stereocenters. The Morgan fingerprint density at radius 1 is 1.00 bits per heavy atom. The van der Waals surface area contributed by atoms with Crippen LogP contribution in [0.3, 0.4) is 0 Å². The molecule has 29 heavy (non-hydrogen) atoms. The number of methoxy groups -OCH3 is 2. The largest absolute Gasteiger partial charge is 0.493 e. The second-order valence-electron chi connectivity index (χ2n) is 9.22. The number of ether oxygens (including phenoxy) is 4. The molecular formula is C23H29NO4Si. The Balaban J connectivity index is 1.64. The highest BCUT2D eigenvalue weighted by molar-refractivity contribution is 6.89. The lowest BCUT2D eigenvalue weighted by molar-refractivity contribution is 0.160. The molecule has 3 aliphatic rings. The van der Waals surface area contributed by atoms with Crippen molar-refractivity contribution in [1.29, 1.82) is 0 Å². The van der Waals surface area contributed by atoms with Gasteiger partial charge in [-0.15, -0.1) is 0 Å². The minimum atomic E-state index is -1.62. The molecule has 2 aromatic rings. The number of rotatable bonds is 3. The fourth-order valence-corrected chi connectivity index (χ4v) is 7.27. The molecule has 0 amide bonds. The lowest BCUT2D eigenvalue weighted by atomic mass is 9.83. The molecule has 0 aromatic heterocycles. The van der Waals surface area contributed by atoms with Crippen LogP contribution in [0, 0.1) is 0 Å². The zero-order valence-corrected chi connectivity index (χ0v) is 18.9. The summed E-state index contributed by atoms with van der Waals surface area (Å²) in [6.07, 6.45) is 2.04. The van der Waals surface area contributed by atoms with Crippen LogP contribution in [-0.2, 0) is 19.4 Å². The topological polar surface area (TPSA) is 40.2 Å². The van der Waals surface area contributed by atoms with E-state index in [1.165, 1.54) is 27.4 Å². The lowest BCUT2D eigenvalue weighted by Crippen LogP contribution is -2.46. The van der Waals surface area contributed by atoms with E-state index >= 15 is 0 Å². The third kappa shape index (κ3) is 2.92. The number of fused-ring (bicyclic) bond motifs is 5. The smallest absolute Gasteiger partial charge is 0.231 e. The van der Waals surface area contributed by atoms with Crippen LogP contribution in [0.4, 0.5) is 0 Å². The Morgan fingerprint density at radius 2 is 1.76 bits per heavy atom. The van der Waals surface area contributed by atoms with Gasteiger partial charge in [-0.25, -0.2) is 0 Å². The molecule has 5 nitrogen and oxygen atoms in total. The minimum absolute atomic E-state index is 0.336. The second-order valence-corrected chi connectivity index (χ2v) is 14.2. The van der Waals surface area contributed by atoms with Crippen LogP contribution >= 0.6 is 0 Å². The van der Waals surface area contributed by atoms with E-state index in [-0.39, 0.29) is 0 Å². The predicted molar refractivity (Wildman–Crippen MR) is 116 cm³/mol. The quantitative estimate of drug-likeness (QED) is 0.722. The van der Waals surface area contributed by atoms with Crippen molar-refractivity contribution >= 4 is 13.3 Å². The van der Waals surface area contributed by atoms with Crippen LogP contribution in [0.2, 0.25) is 19.6 Å². The van der Waals surface area contributed by atoms with Crippen LogP contribution in [0.25, 0.3) is 0 Å². The van der Waals surface area contributed by atoms with Gasteiger partial charge in [0.1, 0.15) is 0 Å². The summed E-state index contributed by atoms with van der Waals surface area (Å²) in [5.74, 6) is 3.57. The second kappa shape index (κ2) is 6.67. The highest BCUT2D eigenvalue weighted by Crippen LogP contribution is 2.45. The van der Waals surface area contributed by atoms with Crippen molar-refractivity contribution < 1.29 is 18.9 Å². The Kier molecular flexibility index (Phi) is 4.33. The van der Waals surface area contributed by atoms with E-state index in [1.807, 2.05) is 0 Å². The molecule has 0 radical (unpaired) electrons. The van der Waals surface area contributed by atoms with E-state index in [1.54, 1.807) is 14.2 Å². The molecule has 0 fully saturated rings. The van der Waals surface area contributed by atoms with Gasteiger partial charge in [-0.3, -0.25) is 4.90 Å². The molecule has 154 valence electrons. The maximum atomic E-state index is 5.96. The molecule has 0 spiro atoms. The predicted octanol–water partition coefficient (Wildman–Crippen LogP) is 3.63. The third-order valence-corrected chi connectivity index (χ3v) is 8.53. The van der Waals surface area contributed by atoms with Crippen LogP contribution in [0.15, 0.2) is 18.2 Å². The van der Waals surface area contributed by atoms with Gasteiger partial charge < -0.3 is 18.9 Å². The molecule has 6 heteroatoms. The molecule has 3 aliphatic heterocycles. The van der Waals surface area contributed by atoms with Gasteiger partial charge in [-0.1, -0.05) is 19.6 Å². The zero-order chi connectivity index (χ0) is 20.3. The van der Waals surface area contributed by atoms with Crippen molar-refractivity contribution in [3.05, 3.63) is 40.5 Å². The maximum absolute atomic E-state index is 5.96. The lowest BCUT2D eigenvalue weighted by Gasteiger charge is -2.43. The average Bonchev–Trinajstić information content (AvgIpc) is 3.15. The average molecular weight is 412 g/mol. The number of hydrogen-bond donors (Lipinski definition) is 0. The number of nitrogens with zero attached hydrogens (tertiary/aromatic N) is 1. The Morgan fingerprint density at radius 3 is 2.48 bits per heavy atom. The van der Waals surface area contributed by atoms with Crippen LogP contribution < -0.4 is 24.1 Å². The molecule has 0 unspecified atom stereocenters. The first-order valence-corrected chi connectivity index (χ1v) is 13.8. The summed E-state index contributed by atoms with van der Waals surface area (Å²) in [6.45, 7) is 9.56. The monoisotopic (exact) mass is 411 g/mol. The Bertz CT molecular complexity index is 982. The summed E-state index contributed by atoms with van der Waals surface area (Å²) < 4.78 is 22.9. The third-order valence-electron chi connectivity index (χ3n) is 6.50. The van der Waals surface area contributed by atoms with Gasteiger partial charge >= 0.3 is 0 Å². The van der Waals surface area contributed by atoms with Gasteiger partial charge in [0.05, 0.1) is 22.3 Å². The highest BCUT2D eigenvalue weighted by atomic mass is 28.3. The molecular weight excluding hydrogens is 382 g/mol. The van der Waals surface area contributed by atoms with Crippen molar-refractivity contribution in [3.63, 3.8) is 0 Å². The van der Waals surface area contributed by atoms with Crippen molar-refractivity contribution in [2.24, 2.45) is 0 Å². The number of hydrogen-bond acceptors (Lipinski definition) is 5. The van der Waals surface area contributed by atoms with Gasteiger partial charge in [-0.2, -0.15) is 0 Å². The van der Waals surface area contributed by atoms with Crippen molar-refractivity contribution in [3.8, 4) is 23.0 Å². The summed E-state index contributed by atoms with van der Waals surface area (Å²) in [5, 5.41) is 1.44. The molecule has 5 rings (SSSR count). The molecule has 0 bridgehead atoms. The Labute approximate surface area is 173 Å². The molecule has 0 saturated heterocycles. The van der Waals surface area contributed by atoms with E-state index in [2.05, 4.69) is 42.7 Å². The highest BCUT2D eigenvalue weighted by Gasteiger charge is 2.39. The van der Waals surface area contributed by atoms with Crippen LogP contribution in [-0.4, -0.2) is 40.5 Å². The normalized spacial score (nSPS) is 20.0. The van der Waals surface area contributed by atoms with Crippen LogP contribution in [0.1, 0.15) is 28.3 Å². The van der Waals surface area contributed by atoms with Gasteiger partial charge in [0.15, 0.2) is 23.0 Å². The fraction of sp³-hybridized carbons (Fsp3) is 0.478. The van der Waals surface area contributed by atoms with E-state index < -0.39 is 8.07 Å². The van der Waals surface area contributed by atoms with E-state index in [9.17, 15) is 0 Å². The van der Waals surface area contributed by atoms with E-state index in [0.717, 1.165) is 48.9 Å². The van der Waals surface area contributed by atoms with Gasteiger partial charge in [0.2, 0.25) is 6.79 Å². The molecule has 0 saturated carbocycles. The first kappa shape index (κ1) is 18.8. The maximum Gasteiger partial charge on any atom is 0.231 e. The van der Waals surface area contributed by atoms with Crippen LogP contribution in [0.5, 0.6) is 23.0 Å². The van der Waals surface area contributed by atoms with Crippen molar-refractivity contribution in [2.45, 2.75) is 45.1 Å². The van der Waals surface area contributed by atoms with E-state index in [4.69, 9.17) is 18.9 Å². The van der Waals surface area contributed by atoms with Crippen molar-refractivity contribution in [2.75, 3.05) is 27.6 Å². The first-order valence-electron chi connectivity index (χ1n) is 10.3. The summed E-state index contributed by atoms with van der Waals surface area (Å²) >= 11 is 0. The molecule has 2 aromatic carbocycles. The fourth-order valence-electron chi connectivity index (χ4n) is 5.22. The summed E-state index contributed by atoms with van der Waals surface area (Å²) in [6, 6.07) is 6.94. The summed E-state index contributed by atoms with van der Waals surface area (Å²) in [5.41, 5.74) is 5.64. The molecule has 3 heterocycles. The van der Waals surface area contributed by atoms with Gasteiger partial charge in [0.25, 0.3) is 0 Å². The summed E-state index contributed by atoms with van der Waals surface area (Å²) in [4.78, 5) is 2.60. The Hall–Kier alpha value is -2.18. The van der Waals surface area contributed by atoms with Gasteiger partial charge in [-0.05, 0) is 58.5 Å². The standard InChI is InChI=1S/C23H29NO4Si/c1-25-19-8-14-6-7-24-12-15-9-21-22(28-13-27-21)23(29(3,4)5)17(15)10-18(24)16(14)11-20(19)26-2/h8-9,11,18H,6-7,10,12-13H2,1-5H3/t18-/m0/s1. The molecule has 0 N–H and O–H groups in total. The summed E-state index contributed by atoms with van der Waals surface area (Å²) in [7, 11) is 1.80. The molecule has 0 aliphatic carbocycles. The van der Waals surface area contributed by atoms with E-state index in [0.29, 0.717) is 12.8 Å².